The summed E-state index contributed by atoms with van der Waals surface area (Å²) in [6.07, 6.45) is 4.74. The molecule has 1 fully saturated rings. The van der Waals surface area contributed by atoms with Crippen LogP contribution >= 0.6 is 0 Å². The Kier molecular flexibility index (Phi) is 2.84. The van der Waals surface area contributed by atoms with Crippen LogP contribution in [0.15, 0.2) is 0 Å². The smallest absolute Gasteiger partial charge is 0.186 e. The SMILES string of the molecule is CNc1nc(C2CCCC2)nc(C)c1F. The second-order valence-electron chi connectivity index (χ2n) is 4.06. The van der Waals surface area contributed by atoms with Gasteiger partial charge in [-0.2, -0.15) is 0 Å². The van der Waals surface area contributed by atoms with Gasteiger partial charge in [0.15, 0.2) is 11.6 Å². The van der Waals surface area contributed by atoms with Crippen LogP contribution in [0.25, 0.3) is 0 Å². The van der Waals surface area contributed by atoms with Crippen molar-refractivity contribution in [2.45, 2.75) is 38.5 Å². The predicted molar refractivity (Wildman–Crippen MR) is 57.5 cm³/mol. The fourth-order valence-corrected chi connectivity index (χ4v) is 2.11. The van der Waals surface area contributed by atoms with Crippen LogP contribution in [0.5, 0.6) is 0 Å². The maximum atomic E-state index is 13.5. The van der Waals surface area contributed by atoms with E-state index in [0.29, 0.717) is 17.4 Å². The molecular weight excluding hydrogens is 193 g/mol. The first-order chi connectivity index (χ1) is 7.22. The van der Waals surface area contributed by atoms with Crippen molar-refractivity contribution in [1.29, 1.82) is 0 Å². The molecule has 0 atom stereocenters. The van der Waals surface area contributed by atoms with Crippen LogP contribution in [-0.2, 0) is 0 Å². The van der Waals surface area contributed by atoms with E-state index in [1.165, 1.54) is 12.8 Å². The third kappa shape index (κ3) is 1.94. The van der Waals surface area contributed by atoms with Crippen LogP contribution in [0.2, 0.25) is 0 Å². The molecule has 0 spiro atoms. The largest absolute Gasteiger partial charge is 0.371 e. The van der Waals surface area contributed by atoms with Crippen LogP contribution in [-0.4, -0.2) is 17.0 Å². The predicted octanol–water partition coefficient (Wildman–Crippen LogP) is 2.62. The molecule has 1 heterocycles. The van der Waals surface area contributed by atoms with Gasteiger partial charge in [0.2, 0.25) is 0 Å². The Balaban J connectivity index is 2.35. The van der Waals surface area contributed by atoms with Crippen molar-refractivity contribution < 1.29 is 4.39 Å². The van der Waals surface area contributed by atoms with Gasteiger partial charge >= 0.3 is 0 Å². The van der Waals surface area contributed by atoms with E-state index in [0.717, 1.165) is 18.7 Å². The van der Waals surface area contributed by atoms with Gasteiger partial charge in [-0.25, -0.2) is 14.4 Å². The summed E-state index contributed by atoms with van der Waals surface area (Å²) in [6, 6.07) is 0. The van der Waals surface area contributed by atoms with Gasteiger partial charge in [0, 0.05) is 13.0 Å². The maximum Gasteiger partial charge on any atom is 0.186 e. The van der Waals surface area contributed by atoms with Gasteiger partial charge in [-0.15, -0.1) is 0 Å². The van der Waals surface area contributed by atoms with Gasteiger partial charge in [-0.3, -0.25) is 0 Å². The Labute approximate surface area is 89.1 Å². The Hall–Kier alpha value is -1.19. The maximum absolute atomic E-state index is 13.5. The molecule has 1 aromatic rings. The zero-order chi connectivity index (χ0) is 10.8. The molecule has 0 saturated heterocycles. The molecule has 0 bridgehead atoms. The second-order valence-corrected chi connectivity index (χ2v) is 4.06. The normalized spacial score (nSPS) is 17.0. The minimum absolute atomic E-state index is 0.324. The van der Waals surface area contributed by atoms with Gasteiger partial charge in [-0.1, -0.05) is 12.8 Å². The lowest BCUT2D eigenvalue weighted by Crippen LogP contribution is -2.08. The number of halogens is 1. The molecule has 2 rings (SSSR count). The van der Waals surface area contributed by atoms with E-state index in [9.17, 15) is 4.39 Å². The van der Waals surface area contributed by atoms with Crippen molar-refractivity contribution in [3.63, 3.8) is 0 Å². The van der Waals surface area contributed by atoms with Crippen molar-refractivity contribution in [2.75, 3.05) is 12.4 Å². The molecule has 0 unspecified atom stereocenters. The lowest BCUT2D eigenvalue weighted by molar-refractivity contribution is 0.586. The Bertz CT molecular complexity index is 359. The molecule has 82 valence electrons. The standard InChI is InChI=1S/C11H16FN3/c1-7-9(12)11(13-2)15-10(14-7)8-5-3-4-6-8/h8H,3-6H2,1-2H3,(H,13,14,15). The van der Waals surface area contributed by atoms with Crippen LogP contribution in [0.1, 0.15) is 43.1 Å². The average Bonchev–Trinajstić information content (AvgIpc) is 2.75. The molecule has 1 N–H and O–H groups in total. The molecule has 3 nitrogen and oxygen atoms in total. The molecular formula is C11H16FN3. The van der Waals surface area contributed by atoms with E-state index in [-0.39, 0.29) is 5.82 Å². The number of aryl methyl sites for hydroxylation is 1. The fraction of sp³-hybridized carbons (Fsp3) is 0.636. The Morgan fingerprint density at radius 1 is 1.27 bits per heavy atom. The third-order valence-electron chi connectivity index (χ3n) is 2.99. The first-order valence-electron chi connectivity index (χ1n) is 5.44. The summed E-state index contributed by atoms with van der Waals surface area (Å²) in [5.41, 5.74) is 0.441. The van der Waals surface area contributed by atoms with Crippen LogP contribution < -0.4 is 5.32 Å². The van der Waals surface area contributed by atoms with Crippen LogP contribution in [0.3, 0.4) is 0 Å². The van der Waals surface area contributed by atoms with E-state index in [4.69, 9.17) is 0 Å². The fourth-order valence-electron chi connectivity index (χ4n) is 2.11. The first-order valence-corrected chi connectivity index (χ1v) is 5.44. The summed E-state index contributed by atoms with van der Waals surface area (Å²) in [7, 11) is 1.68. The minimum atomic E-state index is -0.334. The minimum Gasteiger partial charge on any atom is -0.371 e. The summed E-state index contributed by atoms with van der Waals surface area (Å²) < 4.78 is 13.5. The summed E-state index contributed by atoms with van der Waals surface area (Å²) in [5, 5.41) is 2.77. The third-order valence-corrected chi connectivity index (χ3v) is 2.99. The monoisotopic (exact) mass is 209 g/mol. The molecule has 0 amide bonds. The number of aromatic nitrogens is 2. The topological polar surface area (TPSA) is 37.8 Å². The van der Waals surface area contributed by atoms with Gasteiger partial charge in [-0.05, 0) is 19.8 Å². The molecule has 4 heteroatoms. The zero-order valence-electron chi connectivity index (χ0n) is 9.18. The van der Waals surface area contributed by atoms with Crippen molar-refractivity contribution in [3.8, 4) is 0 Å². The molecule has 0 radical (unpaired) electrons. The van der Waals surface area contributed by atoms with E-state index in [1.807, 2.05) is 0 Å². The Morgan fingerprint density at radius 3 is 2.53 bits per heavy atom. The second kappa shape index (κ2) is 4.13. The lowest BCUT2D eigenvalue weighted by Gasteiger charge is -2.11. The molecule has 0 aliphatic heterocycles. The summed E-state index contributed by atoms with van der Waals surface area (Å²) >= 11 is 0. The van der Waals surface area contributed by atoms with E-state index >= 15 is 0 Å². The van der Waals surface area contributed by atoms with Crippen molar-refractivity contribution >= 4 is 5.82 Å². The number of nitrogens with zero attached hydrogens (tertiary/aromatic N) is 2. The first kappa shape index (κ1) is 10.3. The zero-order valence-corrected chi connectivity index (χ0v) is 9.18. The van der Waals surface area contributed by atoms with Gasteiger partial charge in [0.25, 0.3) is 0 Å². The van der Waals surface area contributed by atoms with Crippen LogP contribution in [0, 0.1) is 12.7 Å². The molecule has 0 aromatic carbocycles. The highest BCUT2D eigenvalue weighted by molar-refractivity contribution is 5.37. The van der Waals surface area contributed by atoms with Crippen molar-refractivity contribution in [1.82, 2.24) is 9.97 Å². The van der Waals surface area contributed by atoms with Crippen molar-refractivity contribution in [3.05, 3.63) is 17.3 Å². The number of anilines is 1. The van der Waals surface area contributed by atoms with Gasteiger partial charge in [0.1, 0.15) is 5.82 Å². The van der Waals surface area contributed by atoms with Crippen molar-refractivity contribution in [2.24, 2.45) is 0 Å². The highest BCUT2D eigenvalue weighted by Crippen LogP contribution is 2.33. The number of nitrogens with one attached hydrogen (secondary N) is 1. The molecule has 1 aliphatic carbocycles. The highest BCUT2D eigenvalue weighted by Gasteiger charge is 2.21. The number of hydrogen-bond donors (Lipinski definition) is 1. The quantitative estimate of drug-likeness (QED) is 0.813. The molecule has 1 saturated carbocycles. The van der Waals surface area contributed by atoms with Gasteiger partial charge in [0.05, 0.1) is 5.69 Å². The summed E-state index contributed by atoms with van der Waals surface area (Å²) in [5.74, 6) is 1.22. The molecule has 1 aromatic heterocycles. The average molecular weight is 209 g/mol. The summed E-state index contributed by atoms with van der Waals surface area (Å²) in [4.78, 5) is 8.47. The lowest BCUT2D eigenvalue weighted by atomic mass is 10.1. The number of hydrogen-bond acceptors (Lipinski definition) is 3. The Morgan fingerprint density at radius 2 is 1.93 bits per heavy atom. The van der Waals surface area contributed by atoms with Crippen LogP contribution in [0.4, 0.5) is 10.2 Å². The van der Waals surface area contributed by atoms with E-state index in [2.05, 4.69) is 15.3 Å². The van der Waals surface area contributed by atoms with Gasteiger partial charge < -0.3 is 5.32 Å². The van der Waals surface area contributed by atoms with E-state index < -0.39 is 0 Å². The molecule has 15 heavy (non-hydrogen) atoms. The number of rotatable bonds is 2. The highest BCUT2D eigenvalue weighted by atomic mass is 19.1. The summed E-state index contributed by atoms with van der Waals surface area (Å²) in [6.45, 7) is 1.69. The van der Waals surface area contributed by atoms with E-state index in [1.54, 1.807) is 14.0 Å². The molecule has 1 aliphatic rings.